The van der Waals surface area contributed by atoms with Crippen LogP contribution in [0.1, 0.15) is 62.1 Å². The molecule has 4 rings (SSSR count). The minimum atomic E-state index is 0.234. The van der Waals surface area contributed by atoms with E-state index in [1.807, 2.05) is 12.1 Å². The maximum atomic E-state index is 11.0. The molecule has 0 saturated carbocycles. The lowest BCUT2D eigenvalue weighted by Crippen LogP contribution is -2.34. The first-order chi connectivity index (χ1) is 14.0. The monoisotopic (exact) mass is 391 g/mol. The molecule has 1 saturated heterocycles. The lowest BCUT2D eigenvalue weighted by atomic mass is 9.69. The first-order valence-electron chi connectivity index (χ1n) is 11.2. The van der Waals surface area contributed by atoms with Crippen molar-refractivity contribution in [1.82, 2.24) is 0 Å². The van der Waals surface area contributed by atoms with E-state index in [1.54, 1.807) is 0 Å². The fourth-order valence-corrected chi connectivity index (χ4v) is 5.37. The minimum Gasteiger partial charge on any atom is -0.508 e. The molecular formula is C26H33NO2. The molecule has 2 aliphatic rings. The first kappa shape index (κ1) is 20.0. The summed E-state index contributed by atoms with van der Waals surface area (Å²) in [5.74, 6) is 2.33. The molecule has 2 atom stereocenters. The highest BCUT2D eigenvalue weighted by Gasteiger charge is 2.31. The van der Waals surface area contributed by atoms with Crippen molar-refractivity contribution in [1.29, 1.82) is 0 Å². The Bertz CT molecular complexity index is 834. The van der Waals surface area contributed by atoms with Crippen LogP contribution in [0, 0.1) is 17.8 Å². The molecule has 1 fully saturated rings. The Morgan fingerprint density at radius 2 is 1.79 bits per heavy atom. The number of piperidine rings is 1. The first-order valence-corrected chi connectivity index (χ1v) is 11.2. The van der Waals surface area contributed by atoms with Crippen molar-refractivity contribution in [3.63, 3.8) is 0 Å². The summed E-state index contributed by atoms with van der Waals surface area (Å²) in [6, 6.07) is 15.1. The SMILES string of the molecule is CC(C)C[C@@H]1CCc2cc(O)ccc2[C@@H]1c1ccc(N2CCC(C=O)CC2)cc1. The van der Waals surface area contributed by atoms with Crippen LogP contribution >= 0.6 is 0 Å². The molecule has 0 bridgehead atoms. The van der Waals surface area contributed by atoms with Crippen molar-refractivity contribution in [3.05, 3.63) is 59.2 Å². The quantitative estimate of drug-likeness (QED) is 0.680. The lowest BCUT2D eigenvalue weighted by Gasteiger charge is -2.36. The fraction of sp³-hybridized carbons (Fsp3) is 0.500. The van der Waals surface area contributed by atoms with Gasteiger partial charge in [0.25, 0.3) is 0 Å². The number of fused-ring (bicyclic) bond motifs is 1. The van der Waals surface area contributed by atoms with E-state index in [0.717, 1.165) is 38.6 Å². The zero-order valence-corrected chi connectivity index (χ0v) is 17.7. The summed E-state index contributed by atoms with van der Waals surface area (Å²) in [6.45, 7) is 6.55. The van der Waals surface area contributed by atoms with Crippen molar-refractivity contribution in [2.24, 2.45) is 17.8 Å². The number of aldehydes is 1. The number of aromatic hydroxyl groups is 1. The van der Waals surface area contributed by atoms with Crippen molar-refractivity contribution in [2.45, 2.75) is 51.9 Å². The third kappa shape index (κ3) is 4.34. The predicted molar refractivity (Wildman–Crippen MR) is 119 cm³/mol. The van der Waals surface area contributed by atoms with Crippen LogP contribution in [0.4, 0.5) is 5.69 Å². The number of rotatable bonds is 5. The van der Waals surface area contributed by atoms with Crippen LogP contribution in [0.25, 0.3) is 0 Å². The highest BCUT2D eigenvalue weighted by atomic mass is 16.3. The van der Waals surface area contributed by atoms with Crippen molar-refractivity contribution >= 4 is 12.0 Å². The van der Waals surface area contributed by atoms with E-state index in [9.17, 15) is 9.90 Å². The Kier molecular flexibility index (Phi) is 5.94. The summed E-state index contributed by atoms with van der Waals surface area (Å²) in [7, 11) is 0. The average Bonchev–Trinajstić information content (AvgIpc) is 2.73. The van der Waals surface area contributed by atoms with Gasteiger partial charge in [-0.25, -0.2) is 0 Å². The van der Waals surface area contributed by atoms with Gasteiger partial charge in [-0.1, -0.05) is 32.0 Å². The molecule has 0 spiro atoms. The summed E-state index contributed by atoms with van der Waals surface area (Å²) in [5.41, 5.74) is 5.34. The summed E-state index contributed by atoms with van der Waals surface area (Å²) in [6.07, 6.45) is 6.50. The summed E-state index contributed by atoms with van der Waals surface area (Å²) < 4.78 is 0. The van der Waals surface area contributed by atoms with Crippen LogP contribution in [0.5, 0.6) is 5.75 Å². The Balaban J connectivity index is 1.60. The molecule has 3 nitrogen and oxygen atoms in total. The largest absolute Gasteiger partial charge is 0.508 e. The lowest BCUT2D eigenvalue weighted by molar-refractivity contribution is -0.111. The van der Waals surface area contributed by atoms with Gasteiger partial charge in [-0.3, -0.25) is 0 Å². The van der Waals surface area contributed by atoms with E-state index < -0.39 is 0 Å². The van der Waals surface area contributed by atoms with Gasteiger partial charge >= 0.3 is 0 Å². The minimum absolute atomic E-state index is 0.234. The van der Waals surface area contributed by atoms with E-state index in [-0.39, 0.29) is 5.92 Å². The fourth-order valence-electron chi connectivity index (χ4n) is 5.37. The van der Waals surface area contributed by atoms with Crippen LogP contribution in [0.2, 0.25) is 0 Å². The number of carbonyl (C=O) groups excluding carboxylic acids is 1. The standard InChI is InChI=1S/C26H33NO2/c1-18(2)15-22-4-3-21-16-24(29)9-10-25(21)26(22)20-5-7-23(8-6-20)27-13-11-19(17-28)12-14-27/h5-10,16-19,22,26,29H,3-4,11-15H2,1-2H3/t22-,26+/m0/s1. The van der Waals surface area contributed by atoms with Crippen LogP contribution < -0.4 is 4.90 Å². The molecular weight excluding hydrogens is 358 g/mol. The second kappa shape index (κ2) is 8.61. The predicted octanol–water partition coefficient (Wildman–Crippen LogP) is 5.55. The molecule has 0 unspecified atom stereocenters. The molecule has 1 aliphatic heterocycles. The molecule has 29 heavy (non-hydrogen) atoms. The van der Waals surface area contributed by atoms with Gasteiger partial charge in [-0.2, -0.15) is 0 Å². The Hall–Kier alpha value is -2.29. The van der Waals surface area contributed by atoms with Crippen LogP contribution in [0.3, 0.4) is 0 Å². The number of anilines is 1. The van der Waals surface area contributed by atoms with Crippen molar-refractivity contribution in [2.75, 3.05) is 18.0 Å². The molecule has 0 amide bonds. The van der Waals surface area contributed by atoms with Gasteiger partial charge in [-0.05, 0) is 84.9 Å². The Labute approximate surface area is 174 Å². The second-order valence-electron chi connectivity index (χ2n) is 9.34. The van der Waals surface area contributed by atoms with Crippen molar-refractivity contribution < 1.29 is 9.90 Å². The topological polar surface area (TPSA) is 40.5 Å². The Morgan fingerprint density at radius 3 is 2.45 bits per heavy atom. The molecule has 1 aliphatic carbocycles. The molecule has 1 heterocycles. The maximum Gasteiger partial charge on any atom is 0.123 e. The van der Waals surface area contributed by atoms with Crippen molar-refractivity contribution in [3.8, 4) is 5.75 Å². The van der Waals surface area contributed by atoms with Gasteiger partial charge in [0.2, 0.25) is 0 Å². The number of carbonyl (C=O) groups is 1. The number of hydrogen-bond donors (Lipinski definition) is 1. The van der Waals surface area contributed by atoms with E-state index >= 15 is 0 Å². The molecule has 154 valence electrons. The van der Waals surface area contributed by atoms with E-state index in [0.29, 0.717) is 23.5 Å². The number of phenols is 1. The smallest absolute Gasteiger partial charge is 0.123 e. The third-order valence-corrected chi connectivity index (χ3v) is 6.84. The molecule has 0 aromatic heterocycles. The van der Waals surface area contributed by atoms with Gasteiger partial charge in [0.1, 0.15) is 12.0 Å². The highest BCUT2D eigenvalue weighted by Crippen LogP contribution is 2.44. The molecule has 3 heteroatoms. The normalized spacial score (nSPS) is 22.5. The van der Waals surface area contributed by atoms with Crippen LogP contribution in [0.15, 0.2) is 42.5 Å². The van der Waals surface area contributed by atoms with Crippen LogP contribution in [-0.2, 0) is 11.2 Å². The second-order valence-corrected chi connectivity index (χ2v) is 9.34. The van der Waals surface area contributed by atoms with Gasteiger partial charge in [0.05, 0.1) is 0 Å². The number of benzene rings is 2. The molecule has 0 radical (unpaired) electrons. The summed E-state index contributed by atoms with van der Waals surface area (Å²) in [5, 5.41) is 9.95. The number of nitrogens with zero attached hydrogens (tertiary/aromatic N) is 1. The molecule has 2 aromatic carbocycles. The summed E-state index contributed by atoms with van der Waals surface area (Å²) in [4.78, 5) is 13.4. The maximum absolute atomic E-state index is 11.0. The highest BCUT2D eigenvalue weighted by molar-refractivity contribution is 5.56. The zero-order chi connectivity index (χ0) is 20.4. The Morgan fingerprint density at radius 1 is 1.07 bits per heavy atom. The molecule has 2 aromatic rings. The number of hydrogen-bond acceptors (Lipinski definition) is 3. The van der Waals surface area contributed by atoms with Crippen LogP contribution in [-0.4, -0.2) is 24.5 Å². The number of aryl methyl sites for hydroxylation is 1. The van der Waals surface area contributed by atoms with Gasteiger partial charge < -0.3 is 14.8 Å². The van der Waals surface area contributed by atoms with Gasteiger partial charge in [0, 0.05) is 30.6 Å². The average molecular weight is 392 g/mol. The molecule has 1 N–H and O–H groups in total. The van der Waals surface area contributed by atoms with E-state index in [2.05, 4.69) is 49.1 Å². The van der Waals surface area contributed by atoms with Gasteiger partial charge in [-0.15, -0.1) is 0 Å². The van der Waals surface area contributed by atoms with E-state index in [1.165, 1.54) is 35.2 Å². The summed E-state index contributed by atoms with van der Waals surface area (Å²) >= 11 is 0. The van der Waals surface area contributed by atoms with Gasteiger partial charge in [0.15, 0.2) is 0 Å². The zero-order valence-electron chi connectivity index (χ0n) is 17.7. The number of phenolic OH excluding ortho intramolecular Hbond substituents is 1. The van der Waals surface area contributed by atoms with E-state index in [4.69, 9.17) is 0 Å². The third-order valence-electron chi connectivity index (χ3n) is 6.84.